The first-order valence-electron chi connectivity index (χ1n) is 3.73. The molecule has 1 nitrogen and oxygen atoms in total. The molecule has 1 aromatic carbocycles. The van der Waals surface area contributed by atoms with Gasteiger partial charge in [0.1, 0.15) is 0 Å². The van der Waals surface area contributed by atoms with Crippen molar-refractivity contribution in [3.05, 3.63) is 35.9 Å². The lowest BCUT2D eigenvalue weighted by Gasteiger charge is -2.05. The van der Waals surface area contributed by atoms with Crippen LogP contribution in [-0.4, -0.2) is 6.04 Å². The first-order valence-corrected chi connectivity index (χ1v) is 3.73. The minimum atomic E-state index is -0.0996. The molecule has 0 aliphatic rings. The standard InChI is InChI=1S/C9H12FN/c1-8(11-10)7-9-5-3-2-4-6-9/h2-6,8,11H,7H2,1H3. The third-order valence-corrected chi connectivity index (χ3v) is 1.57. The van der Waals surface area contributed by atoms with Gasteiger partial charge in [-0.3, -0.25) is 0 Å². The first kappa shape index (κ1) is 8.21. The van der Waals surface area contributed by atoms with Gasteiger partial charge in [-0.2, -0.15) is 5.54 Å². The molecule has 0 bridgehead atoms. The SMILES string of the molecule is CC(Cc1ccccc1)NF. The van der Waals surface area contributed by atoms with Gasteiger partial charge in [0.05, 0.1) is 0 Å². The average molecular weight is 153 g/mol. The van der Waals surface area contributed by atoms with Gasteiger partial charge in [-0.25, -0.2) is 0 Å². The third kappa shape index (κ3) is 2.68. The zero-order valence-electron chi connectivity index (χ0n) is 6.55. The van der Waals surface area contributed by atoms with Crippen LogP contribution in [0.4, 0.5) is 4.48 Å². The highest BCUT2D eigenvalue weighted by Crippen LogP contribution is 2.02. The smallest absolute Gasteiger partial charge is 0.0383 e. The average Bonchev–Trinajstić information content (AvgIpc) is 2.06. The van der Waals surface area contributed by atoms with Gasteiger partial charge in [-0.15, -0.1) is 4.48 Å². The molecule has 60 valence electrons. The number of rotatable bonds is 3. The molecule has 1 aromatic rings. The van der Waals surface area contributed by atoms with Crippen LogP contribution in [0.5, 0.6) is 0 Å². The Morgan fingerprint density at radius 2 is 2.00 bits per heavy atom. The molecule has 1 atom stereocenters. The third-order valence-electron chi connectivity index (χ3n) is 1.57. The van der Waals surface area contributed by atoms with E-state index in [0.717, 1.165) is 12.0 Å². The minimum absolute atomic E-state index is 0.0996. The summed E-state index contributed by atoms with van der Waals surface area (Å²) in [5.41, 5.74) is 2.87. The fraction of sp³-hybridized carbons (Fsp3) is 0.333. The summed E-state index contributed by atoms with van der Waals surface area (Å²) in [5, 5.41) is 0. The highest BCUT2D eigenvalue weighted by Gasteiger charge is 1.99. The van der Waals surface area contributed by atoms with Crippen LogP contribution in [-0.2, 0) is 6.42 Å². The summed E-state index contributed by atoms with van der Waals surface area (Å²) in [5.74, 6) is 0. The van der Waals surface area contributed by atoms with Crippen LogP contribution in [0.15, 0.2) is 30.3 Å². The Balaban J connectivity index is 2.51. The van der Waals surface area contributed by atoms with Crippen molar-refractivity contribution in [2.24, 2.45) is 0 Å². The van der Waals surface area contributed by atoms with E-state index in [-0.39, 0.29) is 6.04 Å². The monoisotopic (exact) mass is 153 g/mol. The second-order valence-corrected chi connectivity index (χ2v) is 2.70. The molecule has 0 amide bonds. The predicted molar refractivity (Wildman–Crippen MR) is 43.9 cm³/mol. The summed E-state index contributed by atoms with van der Waals surface area (Å²) in [6.45, 7) is 1.81. The van der Waals surface area contributed by atoms with E-state index in [9.17, 15) is 4.48 Å². The zero-order valence-corrected chi connectivity index (χ0v) is 6.55. The van der Waals surface area contributed by atoms with Gasteiger partial charge in [0.25, 0.3) is 0 Å². The van der Waals surface area contributed by atoms with Gasteiger partial charge in [0.2, 0.25) is 0 Å². The zero-order chi connectivity index (χ0) is 8.10. The lowest BCUT2D eigenvalue weighted by molar-refractivity contribution is 0.281. The summed E-state index contributed by atoms with van der Waals surface area (Å²) in [4.78, 5) is 0. The van der Waals surface area contributed by atoms with Crippen molar-refractivity contribution >= 4 is 0 Å². The van der Waals surface area contributed by atoms with Crippen LogP contribution in [0.1, 0.15) is 12.5 Å². The van der Waals surface area contributed by atoms with E-state index in [1.54, 1.807) is 5.54 Å². The van der Waals surface area contributed by atoms with Crippen molar-refractivity contribution in [2.75, 3.05) is 0 Å². The van der Waals surface area contributed by atoms with Crippen LogP contribution < -0.4 is 5.54 Å². The molecule has 0 fully saturated rings. The van der Waals surface area contributed by atoms with E-state index in [1.807, 2.05) is 37.3 Å². The Bertz CT molecular complexity index is 198. The van der Waals surface area contributed by atoms with Gasteiger partial charge >= 0.3 is 0 Å². The van der Waals surface area contributed by atoms with Crippen LogP contribution in [0, 0.1) is 0 Å². The van der Waals surface area contributed by atoms with Crippen LogP contribution >= 0.6 is 0 Å². The minimum Gasteiger partial charge on any atom is -0.156 e. The van der Waals surface area contributed by atoms with E-state index in [0.29, 0.717) is 0 Å². The van der Waals surface area contributed by atoms with Gasteiger partial charge in [-0.05, 0) is 18.9 Å². The van der Waals surface area contributed by atoms with Crippen molar-refractivity contribution in [3.63, 3.8) is 0 Å². The quantitative estimate of drug-likeness (QED) is 0.656. The van der Waals surface area contributed by atoms with E-state index < -0.39 is 0 Å². The number of halogens is 1. The summed E-state index contributed by atoms with van der Waals surface area (Å²) >= 11 is 0. The Kier molecular flexibility index (Phi) is 3.05. The Hall–Kier alpha value is -0.890. The molecule has 0 spiro atoms. The highest BCUT2D eigenvalue weighted by molar-refractivity contribution is 5.15. The van der Waals surface area contributed by atoms with Gasteiger partial charge in [0, 0.05) is 6.04 Å². The molecule has 0 heterocycles. The van der Waals surface area contributed by atoms with Gasteiger partial charge in [0.15, 0.2) is 0 Å². The molecule has 0 saturated heterocycles. The number of benzene rings is 1. The second kappa shape index (κ2) is 4.09. The molecule has 1 rings (SSSR count). The number of hydrogen-bond acceptors (Lipinski definition) is 1. The molecular weight excluding hydrogens is 141 g/mol. The summed E-state index contributed by atoms with van der Waals surface area (Å²) in [6.07, 6.45) is 0.733. The number of nitrogens with one attached hydrogen (secondary N) is 1. The molecule has 0 radical (unpaired) electrons. The van der Waals surface area contributed by atoms with Crippen molar-refractivity contribution in [1.82, 2.24) is 5.54 Å². The van der Waals surface area contributed by atoms with Crippen molar-refractivity contribution < 1.29 is 4.48 Å². The van der Waals surface area contributed by atoms with Crippen LogP contribution in [0.25, 0.3) is 0 Å². The predicted octanol–water partition coefficient (Wildman–Crippen LogP) is 2.09. The fourth-order valence-electron chi connectivity index (χ4n) is 1.01. The van der Waals surface area contributed by atoms with Crippen molar-refractivity contribution in [2.45, 2.75) is 19.4 Å². The lowest BCUT2D eigenvalue weighted by Crippen LogP contribution is -2.19. The molecule has 0 aromatic heterocycles. The maximum Gasteiger partial charge on any atom is 0.0383 e. The van der Waals surface area contributed by atoms with Crippen LogP contribution in [0.3, 0.4) is 0 Å². The maximum atomic E-state index is 11.8. The summed E-state index contributed by atoms with van der Waals surface area (Å²) in [6, 6.07) is 9.76. The van der Waals surface area contributed by atoms with E-state index in [2.05, 4.69) is 0 Å². The van der Waals surface area contributed by atoms with Crippen LogP contribution in [0.2, 0.25) is 0 Å². The lowest BCUT2D eigenvalue weighted by atomic mass is 10.1. The van der Waals surface area contributed by atoms with Gasteiger partial charge < -0.3 is 0 Å². The molecule has 0 saturated carbocycles. The van der Waals surface area contributed by atoms with E-state index in [1.165, 1.54) is 0 Å². The Labute approximate surface area is 66.2 Å². The molecule has 1 unspecified atom stereocenters. The second-order valence-electron chi connectivity index (χ2n) is 2.70. The summed E-state index contributed by atoms with van der Waals surface area (Å²) < 4.78 is 11.8. The topological polar surface area (TPSA) is 12.0 Å². The molecule has 1 N–H and O–H groups in total. The first-order chi connectivity index (χ1) is 5.33. The maximum absolute atomic E-state index is 11.8. The molecule has 2 heteroatoms. The Morgan fingerprint density at radius 3 is 2.55 bits per heavy atom. The normalized spacial score (nSPS) is 12.9. The Morgan fingerprint density at radius 1 is 1.36 bits per heavy atom. The molecule has 0 aliphatic heterocycles. The largest absolute Gasteiger partial charge is 0.156 e. The number of hydrogen-bond donors (Lipinski definition) is 1. The van der Waals surface area contributed by atoms with Crippen molar-refractivity contribution in [1.29, 1.82) is 0 Å². The molecule has 0 aliphatic carbocycles. The summed E-state index contributed by atoms with van der Waals surface area (Å²) in [7, 11) is 0. The highest BCUT2D eigenvalue weighted by atomic mass is 19.2. The van der Waals surface area contributed by atoms with Crippen molar-refractivity contribution in [3.8, 4) is 0 Å². The molecular formula is C9H12FN. The molecule has 11 heavy (non-hydrogen) atoms. The van der Waals surface area contributed by atoms with E-state index in [4.69, 9.17) is 0 Å². The van der Waals surface area contributed by atoms with E-state index >= 15 is 0 Å². The van der Waals surface area contributed by atoms with Gasteiger partial charge in [-0.1, -0.05) is 30.3 Å². The fourth-order valence-corrected chi connectivity index (χ4v) is 1.01.